The van der Waals surface area contributed by atoms with Crippen LogP contribution in [-0.4, -0.2) is 0 Å². The molecule has 0 aliphatic rings. The molecule has 5 aromatic heterocycles. The first-order valence-electron chi connectivity index (χ1n) is 37.2. The third-order valence-corrected chi connectivity index (χ3v) is 22.0. The molecular formula is C99H105F3N5+5. The van der Waals surface area contributed by atoms with E-state index in [0.29, 0.717) is 16.7 Å². The fourth-order valence-electron chi connectivity index (χ4n) is 15.4. The predicted octanol–water partition coefficient (Wildman–Crippen LogP) is 22.9. The summed E-state index contributed by atoms with van der Waals surface area (Å²) in [5.41, 5.74) is 41.0. The minimum Gasteiger partial charge on any atom is -0.207 e. The number of aryl methyl sites for hydroxylation is 22. The summed E-state index contributed by atoms with van der Waals surface area (Å²) in [6.07, 6.45) is 0. The van der Waals surface area contributed by atoms with E-state index in [0.717, 1.165) is 49.8 Å². The summed E-state index contributed by atoms with van der Waals surface area (Å²) >= 11 is 0. The Balaban J connectivity index is 0.000000133. The molecular weight excluding hydrogens is 1320 g/mol. The molecule has 0 radical (unpaired) electrons. The maximum Gasteiger partial charge on any atom is 0.213 e. The van der Waals surface area contributed by atoms with Gasteiger partial charge < -0.3 is 0 Å². The Morgan fingerprint density at radius 2 is 0.486 bits per heavy atom. The van der Waals surface area contributed by atoms with Gasteiger partial charge in [0.25, 0.3) is 0 Å². The lowest BCUT2D eigenvalue weighted by Crippen LogP contribution is -2.32. The smallest absolute Gasteiger partial charge is 0.207 e. The van der Waals surface area contributed by atoms with Gasteiger partial charge in [0.05, 0.1) is 10.8 Å². The molecule has 0 saturated heterocycles. The third-order valence-electron chi connectivity index (χ3n) is 22.0. The van der Waals surface area contributed by atoms with Gasteiger partial charge in [-0.1, -0.05) is 88.5 Å². The first-order chi connectivity index (χ1) is 50.7. The first-order valence-corrected chi connectivity index (χ1v) is 37.2. The van der Waals surface area contributed by atoms with Crippen LogP contribution in [0.1, 0.15) is 106 Å². The number of fused-ring (bicyclic) bond motifs is 5. The molecule has 0 N–H and O–H groups in total. The molecule has 15 rings (SSSR count). The molecule has 0 fully saturated rings. The van der Waals surface area contributed by atoms with Crippen LogP contribution in [-0.2, 0) is 35.2 Å². The van der Waals surface area contributed by atoms with E-state index in [2.05, 4.69) is 293 Å². The minimum atomic E-state index is -0.151. The molecule has 0 spiro atoms. The zero-order valence-corrected chi connectivity index (χ0v) is 67.4. The lowest BCUT2D eigenvalue weighted by molar-refractivity contribution is -0.633. The van der Waals surface area contributed by atoms with Gasteiger partial charge in [-0.25, -0.2) is 13.2 Å². The van der Waals surface area contributed by atoms with Crippen LogP contribution in [0.2, 0.25) is 0 Å². The predicted molar refractivity (Wildman–Crippen MR) is 443 cm³/mol. The van der Waals surface area contributed by atoms with Crippen LogP contribution in [0, 0.1) is 149 Å². The van der Waals surface area contributed by atoms with Crippen LogP contribution in [0.4, 0.5) is 13.2 Å². The number of nitrogens with zero attached hydrogens (tertiary/aromatic N) is 5. The zero-order chi connectivity index (χ0) is 77.5. The van der Waals surface area contributed by atoms with Crippen molar-refractivity contribution in [3.63, 3.8) is 0 Å². The van der Waals surface area contributed by atoms with E-state index in [1.54, 1.807) is 25.1 Å². The fourth-order valence-corrected chi connectivity index (χ4v) is 15.4. The number of hydrogen-bond acceptors (Lipinski definition) is 0. The van der Waals surface area contributed by atoms with Crippen LogP contribution < -0.4 is 22.8 Å². The second-order valence-corrected chi connectivity index (χ2v) is 30.3. The van der Waals surface area contributed by atoms with E-state index in [9.17, 15) is 13.2 Å². The molecule has 0 amide bonds. The van der Waals surface area contributed by atoms with Crippen LogP contribution in [0.5, 0.6) is 0 Å². The Morgan fingerprint density at radius 1 is 0.187 bits per heavy atom. The molecule has 5 nitrogen and oxygen atoms in total. The summed E-state index contributed by atoms with van der Waals surface area (Å²) in [4.78, 5) is 0. The maximum absolute atomic E-state index is 13.8. The van der Waals surface area contributed by atoms with E-state index < -0.39 is 0 Å². The van der Waals surface area contributed by atoms with Gasteiger partial charge in [-0.2, -0.15) is 22.8 Å². The Bertz CT molecular complexity index is 5970. The van der Waals surface area contributed by atoms with Gasteiger partial charge in [-0.15, -0.1) is 0 Å². The van der Waals surface area contributed by atoms with Gasteiger partial charge in [0.2, 0.25) is 56.1 Å². The van der Waals surface area contributed by atoms with Crippen LogP contribution >= 0.6 is 0 Å². The quantitative estimate of drug-likeness (QED) is 0.153. The van der Waals surface area contributed by atoms with Gasteiger partial charge in [-0.3, -0.25) is 0 Å². The molecule has 10 aromatic carbocycles. The monoisotopic (exact) mass is 1420 g/mol. The summed E-state index contributed by atoms with van der Waals surface area (Å²) < 4.78 is 52.3. The standard InChI is InChI=1S/C21H24N.C20H21FN.C20H22N.2C19H19FN/c1-13-9-15(3)17(5)19(11-13)20-8-7-18-16(4)10-14(2)12-21(18)22(20)6;1-12-10-13(2)14(3)17(11-12)20-8-6-16-15(4)18(21)7-9-19(16)22(20)5;1-13-6-7-15(3)18(11-13)19-9-8-17-16(4)10-14(2)12-20(17)21(19)5;1-12-5-6-13(2)16(11-12)19-9-7-15-14(3)17(20)8-10-18(15)21(19)4;1-12-5-6-13(2)16(9-12)18-8-7-15-11-17(20)14(3)10-19(15)21(18)4/h7-12H,1-6H3;6-11H,1-5H3;6-12H,1-5H3;2*5-11H,1-4H3/q5*+1. The van der Waals surface area contributed by atoms with Crippen molar-refractivity contribution in [1.82, 2.24) is 0 Å². The van der Waals surface area contributed by atoms with E-state index in [4.69, 9.17) is 0 Å². The largest absolute Gasteiger partial charge is 0.213 e. The number of benzene rings is 10. The van der Waals surface area contributed by atoms with E-state index in [-0.39, 0.29) is 17.5 Å². The normalized spacial score (nSPS) is 11.1. The Kier molecular flexibility index (Phi) is 22.8. The average Bonchev–Trinajstić information content (AvgIpc) is 0.794. The van der Waals surface area contributed by atoms with Crippen molar-refractivity contribution in [1.29, 1.82) is 0 Å². The van der Waals surface area contributed by atoms with E-state index in [1.807, 2.05) is 71.4 Å². The van der Waals surface area contributed by atoms with Crippen LogP contribution in [0.3, 0.4) is 0 Å². The number of rotatable bonds is 5. The van der Waals surface area contributed by atoms with Crippen LogP contribution in [0.15, 0.2) is 200 Å². The summed E-state index contributed by atoms with van der Waals surface area (Å²) in [6.45, 7) is 40.0. The van der Waals surface area contributed by atoms with Gasteiger partial charge in [0, 0.05) is 105 Å². The van der Waals surface area contributed by atoms with Crippen molar-refractivity contribution in [3.8, 4) is 56.3 Å². The minimum absolute atomic E-state index is 0.150. The van der Waals surface area contributed by atoms with Crippen LogP contribution in [0.25, 0.3) is 111 Å². The highest BCUT2D eigenvalue weighted by Crippen LogP contribution is 2.33. The second kappa shape index (κ2) is 31.6. The number of hydrogen-bond donors (Lipinski definition) is 0. The first kappa shape index (κ1) is 77.1. The molecule has 107 heavy (non-hydrogen) atoms. The third kappa shape index (κ3) is 16.0. The summed E-state index contributed by atoms with van der Waals surface area (Å²) in [5, 5.41) is 5.52. The van der Waals surface area contributed by atoms with Crippen molar-refractivity contribution >= 4 is 54.5 Å². The molecule has 5 heterocycles. The van der Waals surface area contributed by atoms with Gasteiger partial charge in [0.15, 0.2) is 0 Å². The molecule has 0 saturated carbocycles. The highest BCUT2D eigenvalue weighted by atomic mass is 19.1. The Labute approximate surface area is 633 Å². The number of pyridine rings is 5. The highest BCUT2D eigenvalue weighted by Gasteiger charge is 2.24. The highest BCUT2D eigenvalue weighted by molar-refractivity contribution is 5.86. The topological polar surface area (TPSA) is 19.4 Å². The zero-order valence-electron chi connectivity index (χ0n) is 67.4. The second-order valence-electron chi connectivity index (χ2n) is 30.3. The molecule has 0 atom stereocenters. The SMILES string of the molecule is Cc1cc(C)c(C)c(-c2ccc3c(C)c(F)ccc3[n+]2C)c1.Cc1cc(C)c(C)c(-c2ccc3c(C)cc(C)cc3[n+]2C)c1.Cc1ccc(C)c(-c2ccc3c(C)c(F)ccc3[n+]2C)c1.Cc1ccc(C)c(-c2ccc3c(C)cc(C)cc3[n+]2C)c1.Cc1ccc(C)c(-c2ccc3cc(F)c(C)cc3[n+]2C)c1. The van der Waals surface area contributed by atoms with Gasteiger partial charge in [-0.05, 0) is 288 Å². The molecule has 15 aromatic rings. The van der Waals surface area contributed by atoms with Gasteiger partial charge in [0.1, 0.15) is 52.7 Å². The molecule has 542 valence electrons. The number of halogens is 3. The molecule has 8 heteroatoms. The van der Waals surface area contributed by atoms with Crippen molar-refractivity contribution in [2.75, 3.05) is 0 Å². The summed E-state index contributed by atoms with van der Waals surface area (Å²) in [5.74, 6) is -0.452. The molecule has 0 unspecified atom stereocenters. The summed E-state index contributed by atoms with van der Waals surface area (Å²) in [6, 6.07) is 69.3. The Hall–Kier alpha value is -11.0. The fraction of sp³-hybridized carbons (Fsp3) is 0.242. The molecule has 0 bridgehead atoms. The summed E-state index contributed by atoms with van der Waals surface area (Å²) in [7, 11) is 10.5. The van der Waals surface area contributed by atoms with Crippen molar-refractivity contribution in [2.45, 2.75) is 132 Å². The lowest BCUT2D eigenvalue weighted by atomic mass is 9.96. The van der Waals surface area contributed by atoms with Crippen molar-refractivity contribution < 1.29 is 36.0 Å². The lowest BCUT2D eigenvalue weighted by Gasteiger charge is -2.11. The van der Waals surface area contributed by atoms with Crippen molar-refractivity contribution in [3.05, 3.63) is 323 Å². The molecule has 0 aliphatic heterocycles. The van der Waals surface area contributed by atoms with E-state index >= 15 is 0 Å². The number of aromatic nitrogens is 5. The Morgan fingerprint density at radius 3 is 0.860 bits per heavy atom. The molecule has 0 aliphatic carbocycles. The maximum atomic E-state index is 13.8. The average molecular weight is 1420 g/mol. The van der Waals surface area contributed by atoms with E-state index in [1.165, 1.54) is 150 Å². The van der Waals surface area contributed by atoms with Gasteiger partial charge >= 0.3 is 0 Å². The van der Waals surface area contributed by atoms with Crippen molar-refractivity contribution in [2.24, 2.45) is 35.2 Å².